The van der Waals surface area contributed by atoms with Crippen LogP contribution in [0.2, 0.25) is 5.02 Å². The van der Waals surface area contributed by atoms with Gasteiger partial charge in [0.25, 0.3) is 5.91 Å². The highest BCUT2D eigenvalue weighted by Gasteiger charge is 2.08. The minimum atomic E-state index is -0.142. The second-order valence-electron chi connectivity index (χ2n) is 3.59. The first kappa shape index (κ1) is 13.8. The van der Waals surface area contributed by atoms with Crippen LogP contribution in [0.3, 0.4) is 0 Å². The first-order valence-corrected chi connectivity index (χ1v) is 7.33. The zero-order valence-electron chi connectivity index (χ0n) is 9.08. The molecule has 0 aromatic heterocycles. The number of nitrogens with one attached hydrogen (secondary N) is 1. The van der Waals surface area contributed by atoms with Crippen LogP contribution in [0.15, 0.2) is 46.9 Å². The molecule has 1 amide bonds. The van der Waals surface area contributed by atoms with Gasteiger partial charge in [-0.1, -0.05) is 33.6 Å². The Bertz CT molecular complexity index is 603. The van der Waals surface area contributed by atoms with E-state index in [9.17, 15) is 4.79 Å². The quantitative estimate of drug-likeness (QED) is 0.663. The van der Waals surface area contributed by atoms with Crippen LogP contribution in [0.25, 0.3) is 0 Å². The zero-order chi connectivity index (χ0) is 13.1. The van der Waals surface area contributed by atoms with E-state index in [0.29, 0.717) is 10.6 Å². The molecule has 0 spiro atoms. The second kappa shape index (κ2) is 6.04. The number of anilines is 1. The van der Waals surface area contributed by atoms with Crippen molar-refractivity contribution in [2.75, 3.05) is 5.32 Å². The van der Waals surface area contributed by atoms with Gasteiger partial charge in [0.05, 0.1) is 5.69 Å². The SMILES string of the molecule is O=C(Nc1ccc(Cl)cc1I)c1cccc(Br)c1. The highest BCUT2D eigenvalue weighted by atomic mass is 127. The average molecular weight is 436 g/mol. The van der Waals surface area contributed by atoms with E-state index < -0.39 is 0 Å². The van der Waals surface area contributed by atoms with Crippen LogP contribution in [0.5, 0.6) is 0 Å². The van der Waals surface area contributed by atoms with Crippen molar-refractivity contribution < 1.29 is 4.79 Å². The van der Waals surface area contributed by atoms with E-state index in [1.807, 2.05) is 12.1 Å². The third kappa shape index (κ3) is 3.46. The predicted octanol–water partition coefficient (Wildman–Crippen LogP) is 4.96. The lowest BCUT2D eigenvalue weighted by atomic mass is 10.2. The molecular formula is C13H8BrClINO. The Morgan fingerprint density at radius 1 is 1.22 bits per heavy atom. The summed E-state index contributed by atoms with van der Waals surface area (Å²) in [6, 6.07) is 12.6. The van der Waals surface area contributed by atoms with Gasteiger partial charge in [0.2, 0.25) is 0 Å². The fourth-order valence-corrected chi connectivity index (χ4v) is 2.82. The summed E-state index contributed by atoms with van der Waals surface area (Å²) in [4.78, 5) is 12.0. The molecule has 18 heavy (non-hydrogen) atoms. The Hall–Kier alpha value is -0.590. The van der Waals surface area contributed by atoms with E-state index in [-0.39, 0.29) is 5.91 Å². The minimum Gasteiger partial charge on any atom is -0.321 e. The Labute approximate surface area is 132 Å². The number of benzene rings is 2. The standard InChI is InChI=1S/C13H8BrClINO/c14-9-3-1-2-8(6-9)13(18)17-12-5-4-10(15)7-11(12)16/h1-7H,(H,17,18). The van der Waals surface area contributed by atoms with Gasteiger partial charge in [0, 0.05) is 18.6 Å². The first-order valence-electron chi connectivity index (χ1n) is 5.08. The molecule has 1 N–H and O–H groups in total. The monoisotopic (exact) mass is 435 g/mol. The maximum Gasteiger partial charge on any atom is 0.255 e. The molecule has 0 aliphatic rings. The van der Waals surface area contributed by atoms with E-state index in [1.165, 1.54) is 0 Å². The minimum absolute atomic E-state index is 0.142. The summed E-state index contributed by atoms with van der Waals surface area (Å²) in [6.07, 6.45) is 0. The van der Waals surface area contributed by atoms with Crippen molar-refractivity contribution in [3.63, 3.8) is 0 Å². The largest absolute Gasteiger partial charge is 0.321 e. The summed E-state index contributed by atoms with van der Waals surface area (Å²) in [5.41, 5.74) is 1.36. The summed E-state index contributed by atoms with van der Waals surface area (Å²) in [6.45, 7) is 0. The van der Waals surface area contributed by atoms with E-state index >= 15 is 0 Å². The number of hydrogen-bond acceptors (Lipinski definition) is 1. The zero-order valence-corrected chi connectivity index (χ0v) is 13.6. The summed E-state index contributed by atoms with van der Waals surface area (Å²) >= 11 is 11.3. The molecule has 2 aromatic carbocycles. The Balaban J connectivity index is 2.21. The molecule has 2 rings (SSSR count). The third-order valence-corrected chi connectivity index (χ3v) is 3.89. The van der Waals surface area contributed by atoms with E-state index in [4.69, 9.17) is 11.6 Å². The highest BCUT2D eigenvalue weighted by Crippen LogP contribution is 2.23. The summed E-state index contributed by atoms with van der Waals surface area (Å²) in [7, 11) is 0. The molecule has 0 heterocycles. The molecule has 0 saturated heterocycles. The molecule has 0 atom stereocenters. The Kier molecular flexibility index (Phi) is 4.64. The van der Waals surface area contributed by atoms with Gasteiger partial charge in [-0.3, -0.25) is 4.79 Å². The van der Waals surface area contributed by atoms with Gasteiger partial charge in [-0.05, 0) is 59.0 Å². The predicted molar refractivity (Wildman–Crippen MR) is 86.3 cm³/mol. The van der Waals surface area contributed by atoms with Crippen LogP contribution in [0.1, 0.15) is 10.4 Å². The van der Waals surface area contributed by atoms with Crippen LogP contribution in [0, 0.1) is 3.57 Å². The number of hydrogen-bond donors (Lipinski definition) is 1. The molecule has 0 bridgehead atoms. The van der Waals surface area contributed by atoms with Gasteiger partial charge < -0.3 is 5.32 Å². The van der Waals surface area contributed by atoms with Gasteiger partial charge >= 0.3 is 0 Å². The molecule has 0 saturated carbocycles. The van der Waals surface area contributed by atoms with Crippen molar-refractivity contribution in [2.45, 2.75) is 0 Å². The van der Waals surface area contributed by atoms with Gasteiger partial charge in [0.15, 0.2) is 0 Å². The first-order chi connectivity index (χ1) is 8.56. The molecular weight excluding hydrogens is 428 g/mol. The van der Waals surface area contributed by atoms with Crippen LogP contribution in [-0.4, -0.2) is 5.91 Å². The average Bonchev–Trinajstić information content (AvgIpc) is 2.32. The lowest BCUT2D eigenvalue weighted by Gasteiger charge is -2.08. The van der Waals surface area contributed by atoms with Crippen LogP contribution in [-0.2, 0) is 0 Å². The van der Waals surface area contributed by atoms with E-state index in [2.05, 4.69) is 43.8 Å². The number of halogens is 3. The van der Waals surface area contributed by atoms with Crippen molar-refractivity contribution in [3.8, 4) is 0 Å². The van der Waals surface area contributed by atoms with E-state index in [0.717, 1.165) is 13.7 Å². The molecule has 0 aliphatic heterocycles. The van der Waals surface area contributed by atoms with Crippen molar-refractivity contribution in [1.82, 2.24) is 0 Å². The third-order valence-electron chi connectivity index (χ3n) is 2.27. The summed E-state index contributed by atoms with van der Waals surface area (Å²) < 4.78 is 1.78. The maximum absolute atomic E-state index is 12.0. The van der Waals surface area contributed by atoms with Gasteiger partial charge in [-0.15, -0.1) is 0 Å². The highest BCUT2D eigenvalue weighted by molar-refractivity contribution is 14.1. The second-order valence-corrected chi connectivity index (χ2v) is 6.10. The maximum atomic E-state index is 12.0. The summed E-state index contributed by atoms with van der Waals surface area (Å²) in [5.74, 6) is -0.142. The van der Waals surface area contributed by atoms with Crippen molar-refractivity contribution in [3.05, 3.63) is 61.1 Å². The fraction of sp³-hybridized carbons (Fsp3) is 0. The lowest BCUT2D eigenvalue weighted by Crippen LogP contribution is -2.12. The molecule has 2 aromatic rings. The molecule has 0 unspecified atom stereocenters. The van der Waals surface area contributed by atoms with Crippen molar-refractivity contribution in [1.29, 1.82) is 0 Å². The van der Waals surface area contributed by atoms with Gasteiger partial charge in [-0.2, -0.15) is 0 Å². The number of carbonyl (C=O) groups is 1. The van der Waals surface area contributed by atoms with Gasteiger partial charge in [0.1, 0.15) is 0 Å². The van der Waals surface area contributed by atoms with Crippen LogP contribution >= 0.6 is 50.1 Å². The Morgan fingerprint density at radius 2 is 2.00 bits per heavy atom. The molecule has 0 aliphatic carbocycles. The number of carbonyl (C=O) groups excluding carboxylic acids is 1. The van der Waals surface area contributed by atoms with Crippen LogP contribution in [0.4, 0.5) is 5.69 Å². The smallest absolute Gasteiger partial charge is 0.255 e. The number of amides is 1. The van der Waals surface area contributed by atoms with Crippen molar-refractivity contribution in [2.24, 2.45) is 0 Å². The Morgan fingerprint density at radius 3 is 2.67 bits per heavy atom. The number of rotatable bonds is 2. The lowest BCUT2D eigenvalue weighted by molar-refractivity contribution is 0.102. The molecule has 2 nitrogen and oxygen atoms in total. The topological polar surface area (TPSA) is 29.1 Å². The molecule has 0 fully saturated rings. The van der Waals surface area contributed by atoms with Crippen molar-refractivity contribution >= 4 is 61.7 Å². The normalized spacial score (nSPS) is 10.2. The van der Waals surface area contributed by atoms with E-state index in [1.54, 1.807) is 30.3 Å². The van der Waals surface area contributed by atoms with Gasteiger partial charge in [-0.25, -0.2) is 0 Å². The summed E-state index contributed by atoms with van der Waals surface area (Å²) in [5, 5.41) is 3.51. The molecule has 92 valence electrons. The van der Waals surface area contributed by atoms with Crippen LogP contribution < -0.4 is 5.32 Å². The fourth-order valence-electron chi connectivity index (χ4n) is 1.42. The molecule has 0 radical (unpaired) electrons. The molecule has 5 heteroatoms.